The van der Waals surface area contributed by atoms with Crippen LogP contribution in [0.15, 0.2) is 6.20 Å². The number of likely N-dealkylation sites (N-methyl/N-ethyl adjacent to an activating group) is 1. The van der Waals surface area contributed by atoms with Crippen LogP contribution < -0.4 is 5.32 Å². The lowest BCUT2D eigenvalue weighted by Crippen LogP contribution is -2.37. The molecule has 0 aliphatic carbocycles. The number of imidazole rings is 1. The molecule has 0 saturated heterocycles. The first-order valence-electron chi connectivity index (χ1n) is 4.68. The second kappa shape index (κ2) is 3.38. The van der Waals surface area contributed by atoms with Gasteiger partial charge in [-0.2, -0.15) is 0 Å². The zero-order valence-electron chi connectivity index (χ0n) is 8.65. The highest BCUT2D eigenvalue weighted by Crippen LogP contribution is 2.11. The second-order valence-corrected chi connectivity index (χ2v) is 3.45. The second-order valence-electron chi connectivity index (χ2n) is 3.45. The monoisotopic (exact) mass is 208 g/mol. The Labute approximate surface area is 86.9 Å². The molecule has 2 rings (SSSR count). The summed E-state index contributed by atoms with van der Waals surface area (Å²) < 4.78 is 1.72. The Morgan fingerprint density at radius 2 is 2.27 bits per heavy atom. The first-order chi connectivity index (χ1) is 7.13. The van der Waals surface area contributed by atoms with E-state index in [0.717, 1.165) is 0 Å². The van der Waals surface area contributed by atoms with Crippen LogP contribution in [0.4, 0.5) is 0 Å². The number of fused-ring (bicyclic) bond motifs is 1. The van der Waals surface area contributed by atoms with Gasteiger partial charge in [-0.25, -0.2) is 4.98 Å². The van der Waals surface area contributed by atoms with E-state index in [0.29, 0.717) is 18.9 Å². The maximum absolute atomic E-state index is 11.7. The summed E-state index contributed by atoms with van der Waals surface area (Å²) in [6.45, 7) is 1.33. The van der Waals surface area contributed by atoms with Crippen LogP contribution in [0.3, 0.4) is 0 Å². The quantitative estimate of drug-likeness (QED) is 0.665. The number of rotatable bonds is 1. The fraction of sp³-hybridized carbons (Fsp3) is 0.444. The number of hydrogen-bond donors (Lipinski definition) is 1. The van der Waals surface area contributed by atoms with Crippen LogP contribution >= 0.6 is 0 Å². The van der Waals surface area contributed by atoms with Crippen LogP contribution in [-0.2, 0) is 6.54 Å². The van der Waals surface area contributed by atoms with Crippen LogP contribution in [0, 0.1) is 0 Å². The summed E-state index contributed by atoms with van der Waals surface area (Å²) in [5, 5.41) is 2.48. The van der Waals surface area contributed by atoms with Gasteiger partial charge >= 0.3 is 0 Å². The number of nitrogens with one attached hydrogen (secondary N) is 1. The molecule has 0 fully saturated rings. The molecule has 0 saturated carbocycles. The van der Waals surface area contributed by atoms with Gasteiger partial charge in [-0.15, -0.1) is 0 Å². The van der Waals surface area contributed by atoms with Gasteiger partial charge < -0.3 is 14.8 Å². The Bertz CT molecular complexity index is 424. The molecule has 80 valence electrons. The van der Waals surface area contributed by atoms with Crippen molar-refractivity contribution >= 4 is 11.8 Å². The zero-order valence-corrected chi connectivity index (χ0v) is 8.65. The van der Waals surface area contributed by atoms with Crippen molar-refractivity contribution in [2.75, 3.05) is 20.6 Å². The van der Waals surface area contributed by atoms with E-state index in [1.54, 1.807) is 22.7 Å². The summed E-state index contributed by atoms with van der Waals surface area (Å²) in [4.78, 5) is 28.6. The molecule has 0 aromatic carbocycles. The van der Waals surface area contributed by atoms with Gasteiger partial charge in [-0.05, 0) is 0 Å². The Morgan fingerprint density at radius 3 is 2.93 bits per heavy atom. The fourth-order valence-corrected chi connectivity index (χ4v) is 1.52. The smallest absolute Gasteiger partial charge is 0.289 e. The predicted molar refractivity (Wildman–Crippen MR) is 52.6 cm³/mol. The summed E-state index contributed by atoms with van der Waals surface area (Å²) in [7, 11) is 3.26. The van der Waals surface area contributed by atoms with Gasteiger partial charge in [0, 0.05) is 33.4 Å². The molecular weight excluding hydrogens is 196 g/mol. The molecule has 2 heterocycles. The number of carbonyl (C=O) groups excluding carboxylic acids is 2. The van der Waals surface area contributed by atoms with E-state index in [4.69, 9.17) is 0 Å². The fourth-order valence-electron chi connectivity index (χ4n) is 1.52. The van der Waals surface area contributed by atoms with Gasteiger partial charge in [0.2, 0.25) is 0 Å². The summed E-state index contributed by atoms with van der Waals surface area (Å²) in [5.74, 6) is -0.0777. The molecule has 0 bridgehead atoms. The van der Waals surface area contributed by atoms with E-state index in [1.807, 2.05) is 0 Å². The van der Waals surface area contributed by atoms with Crippen molar-refractivity contribution in [3.05, 3.63) is 17.7 Å². The minimum atomic E-state index is -0.271. The molecule has 1 aromatic rings. The summed E-state index contributed by atoms with van der Waals surface area (Å²) in [5.41, 5.74) is 0.288. The summed E-state index contributed by atoms with van der Waals surface area (Å²) in [6, 6.07) is 0. The molecule has 2 amide bonds. The van der Waals surface area contributed by atoms with Crippen molar-refractivity contribution in [1.82, 2.24) is 19.8 Å². The molecule has 6 nitrogen and oxygen atoms in total. The summed E-state index contributed by atoms with van der Waals surface area (Å²) in [6.07, 6.45) is 1.61. The molecule has 0 spiro atoms. The van der Waals surface area contributed by atoms with Crippen molar-refractivity contribution in [3.63, 3.8) is 0 Å². The van der Waals surface area contributed by atoms with Gasteiger partial charge in [0.1, 0.15) is 5.69 Å². The molecule has 1 N–H and O–H groups in total. The van der Waals surface area contributed by atoms with Gasteiger partial charge in [-0.3, -0.25) is 9.59 Å². The average molecular weight is 208 g/mol. The Morgan fingerprint density at radius 1 is 1.53 bits per heavy atom. The van der Waals surface area contributed by atoms with Crippen LogP contribution in [0.5, 0.6) is 0 Å². The lowest BCUT2D eigenvalue weighted by Gasteiger charge is -2.22. The number of hydrogen-bond acceptors (Lipinski definition) is 3. The Balaban J connectivity index is 2.39. The van der Waals surface area contributed by atoms with E-state index >= 15 is 0 Å². The number of amides is 2. The largest absolute Gasteiger partial charge is 0.354 e. The third kappa shape index (κ3) is 1.47. The van der Waals surface area contributed by atoms with Gasteiger partial charge in [-0.1, -0.05) is 0 Å². The molecule has 0 radical (unpaired) electrons. The topological polar surface area (TPSA) is 67.2 Å². The van der Waals surface area contributed by atoms with Crippen molar-refractivity contribution in [3.8, 4) is 0 Å². The first-order valence-corrected chi connectivity index (χ1v) is 4.68. The summed E-state index contributed by atoms with van der Waals surface area (Å²) >= 11 is 0. The Kier molecular flexibility index (Phi) is 2.18. The SMILES string of the molecule is CNC(=O)c1cn2c(n1)C(=O)N(C)CC2. The van der Waals surface area contributed by atoms with Crippen molar-refractivity contribution in [2.24, 2.45) is 0 Å². The maximum atomic E-state index is 11.7. The molecule has 6 heteroatoms. The van der Waals surface area contributed by atoms with Crippen molar-refractivity contribution in [2.45, 2.75) is 6.54 Å². The minimum absolute atomic E-state index is 0.142. The molecule has 15 heavy (non-hydrogen) atoms. The highest BCUT2D eigenvalue weighted by molar-refractivity contribution is 5.96. The molecule has 1 aromatic heterocycles. The third-order valence-electron chi connectivity index (χ3n) is 2.45. The van der Waals surface area contributed by atoms with Gasteiger partial charge in [0.15, 0.2) is 5.82 Å². The highest BCUT2D eigenvalue weighted by Gasteiger charge is 2.25. The Hall–Kier alpha value is -1.85. The lowest BCUT2D eigenvalue weighted by atomic mass is 10.4. The normalized spacial score (nSPS) is 15.1. The molecular formula is C9H12N4O2. The highest BCUT2D eigenvalue weighted by atomic mass is 16.2. The zero-order chi connectivity index (χ0) is 11.0. The van der Waals surface area contributed by atoms with E-state index < -0.39 is 0 Å². The maximum Gasteiger partial charge on any atom is 0.289 e. The standard InChI is InChI=1S/C9H12N4O2/c1-10-8(14)6-5-13-4-3-12(2)9(15)7(13)11-6/h5H,3-4H2,1-2H3,(H,10,14). The van der Waals surface area contributed by atoms with E-state index in [9.17, 15) is 9.59 Å². The van der Waals surface area contributed by atoms with Crippen LogP contribution in [0.25, 0.3) is 0 Å². The van der Waals surface area contributed by atoms with Crippen LogP contribution in [0.1, 0.15) is 21.1 Å². The predicted octanol–water partition coefficient (Wildman–Crippen LogP) is -0.672. The van der Waals surface area contributed by atoms with Crippen molar-refractivity contribution in [1.29, 1.82) is 0 Å². The molecule has 0 unspecified atom stereocenters. The molecule has 1 aliphatic rings. The van der Waals surface area contributed by atoms with Crippen molar-refractivity contribution < 1.29 is 9.59 Å². The lowest BCUT2D eigenvalue weighted by molar-refractivity contribution is 0.0741. The molecule has 1 aliphatic heterocycles. The number of nitrogens with zero attached hydrogens (tertiary/aromatic N) is 3. The van der Waals surface area contributed by atoms with Crippen LogP contribution in [0.2, 0.25) is 0 Å². The van der Waals surface area contributed by atoms with E-state index in [2.05, 4.69) is 10.3 Å². The van der Waals surface area contributed by atoms with E-state index in [-0.39, 0.29) is 17.5 Å². The minimum Gasteiger partial charge on any atom is -0.354 e. The average Bonchev–Trinajstić information content (AvgIpc) is 2.67. The van der Waals surface area contributed by atoms with E-state index in [1.165, 1.54) is 7.05 Å². The molecule has 0 atom stereocenters. The third-order valence-corrected chi connectivity index (χ3v) is 2.45. The number of carbonyl (C=O) groups is 2. The van der Waals surface area contributed by atoms with Crippen LogP contribution in [-0.4, -0.2) is 46.9 Å². The first kappa shape index (κ1) is 9.70. The van der Waals surface area contributed by atoms with Gasteiger partial charge in [0.05, 0.1) is 0 Å². The van der Waals surface area contributed by atoms with Gasteiger partial charge in [0.25, 0.3) is 11.8 Å². The number of aromatic nitrogens is 2.